The molecule has 1 saturated heterocycles. The van der Waals surface area contributed by atoms with Crippen LogP contribution in [0.15, 0.2) is 12.3 Å². The van der Waals surface area contributed by atoms with Crippen LogP contribution >= 0.6 is 0 Å². The summed E-state index contributed by atoms with van der Waals surface area (Å²) in [4.78, 5) is 19.6. The van der Waals surface area contributed by atoms with E-state index >= 15 is 0 Å². The Morgan fingerprint density at radius 2 is 1.96 bits per heavy atom. The number of aromatic nitrogens is 4. The number of nitrogens with zero attached hydrogens (tertiary/aromatic N) is 4. The maximum Gasteiger partial charge on any atom is 0.290 e. The quantitative estimate of drug-likeness (QED) is 0.789. The molecule has 1 spiro atoms. The molecule has 1 unspecified atom stereocenters. The van der Waals surface area contributed by atoms with Crippen molar-refractivity contribution in [2.24, 2.45) is 0 Å². The average Bonchev–Trinajstić information content (AvgIpc) is 3.27. The molecule has 2 N–H and O–H groups in total. The van der Waals surface area contributed by atoms with Gasteiger partial charge in [0, 0.05) is 24.2 Å². The highest BCUT2D eigenvalue weighted by molar-refractivity contribution is 5.42. The van der Waals surface area contributed by atoms with Crippen LogP contribution in [0.4, 0.5) is 5.95 Å². The smallest absolute Gasteiger partial charge is 0.290 e. The van der Waals surface area contributed by atoms with Gasteiger partial charge in [0.15, 0.2) is 0 Å². The van der Waals surface area contributed by atoms with Crippen LogP contribution in [0.1, 0.15) is 30.5 Å². The highest BCUT2D eigenvalue weighted by atomic mass is 16.5. The lowest BCUT2D eigenvalue weighted by molar-refractivity contribution is -0.122. The normalized spacial score (nSPS) is 20.9. The Kier molecular flexibility index (Phi) is 5.24. The molecule has 3 heterocycles. The minimum atomic E-state index is -0.250. The van der Waals surface area contributed by atoms with E-state index in [1.54, 1.807) is 20.3 Å². The summed E-state index contributed by atoms with van der Waals surface area (Å²) in [5.74, 6) is 1.73. The number of nitrogens with one attached hydrogen (secondary N) is 1. The van der Waals surface area contributed by atoms with Crippen LogP contribution in [0.5, 0.6) is 11.8 Å². The third kappa shape index (κ3) is 3.29. The van der Waals surface area contributed by atoms with E-state index in [4.69, 9.17) is 19.4 Å². The summed E-state index contributed by atoms with van der Waals surface area (Å²) in [6.07, 6.45) is 6.52. The summed E-state index contributed by atoms with van der Waals surface area (Å²) >= 11 is 0. The van der Waals surface area contributed by atoms with Gasteiger partial charge in [0.25, 0.3) is 6.47 Å². The molecule has 2 aromatic heterocycles. The van der Waals surface area contributed by atoms with Gasteiger partial charge in [-0.05, 0) is 31.2 Å². The summed E-state index contributed by atoms with van der Waals surface area (Å²) in [6.45, 7) is 1.60. The van der Waals surface area contributed by atoms with Gasteiger partial charge in [-0.15, -0.1) is 0 Å². The molecule has 0 bridgehead atoms. The lowest BCUT2D eigenvalue weighted by Crippen LogP contribution is -2.46. The third-order valence-corrected chi connectivity index (χ3v) is 5.07. The second-order valence-corrected chi connectivity index (χ2v) is 6.43. The molecule has 0 saturated carbocycles. The number of ether oxygens (including phenoxy) is 2. The van der Waals surface area contributed by atoms with Crippen molar-refractivity contribution in [3.63, 3.8) is 0 Å². The van der Waals surface area contributed by atoms with E-state index in [0.29, 0.717) is 17.7 Å². The molecular formula is C17H23N5O4. The minimum Gasteiger partial charge on any atom is -0.483 e. The molecule has 9 nitrogen and oxygen atoms in total. The number of piperidine rings is 1. The zero-order valence-corrected chi connectivity index (χ0v) is 14.9. The van der Waals surface area contributed by atoms with Crippen molar-refractivity contribution in [2.75, 3.05) is 32.2 Å². The number of methoxy groups -OCH3 is 2. The van der Waals surface area contributed by atoms with Crippen molar-refractivity contribution in [3.8, 4) is 11.8 Å². The molecule has 0 radical (unpaired) electrons. The Morgan fingerprint density at radius 3 is 2.62 bits per heavy atom. The predicted octanol–water partition coefficient (Wildman–Crippen LogP) is 1.40. The molecule has 1 atom stereocenters. The molecular weight excluding hydrogens is 338 g/mol. The van der Waals surface area contributed by atoms with Gasteiger partial charge in [0.2, 0.25) is 17.7 Å². The van der Waals surface area contributed by atoms with E-state index < -0.39 is 0 Å². The van der Waals surface area contributed by atoms with Crippen molar-refractivity contribution in [2.45, 2.75) is 31.1 Å². The number of aryl methyl sites for hydroxylation is 1. The highest BCUT2D eigenvalue weighted by Gasteiger charge is 2.44. The Hall–Kier alpha value is -2.84. The fraction of sp³-hybridized carbons (Fsp3) is 0.529. The lowest BCUT2D eigenvalue weighted by atomic mass is 9.78. The van der Waals surface area contributed by atoms with Gasteiger partial charge in [0.1, 0.15) is 0 Å². The van der Waals surface area contributed by atoms with E-state index in [0.717, 1.165) is 32.4 Å². The molecule has 0 amide bonds. The molecule has 2 aliphatic rings. The first-order chi connectivity index (χ1) is 12.7. The summed E-state index contributed by atoms with van der Waals surface area (Å²) in [5.41, 5.74) is 2.80. The van der Waals surface area contributed by atoms with E-state index in [1.807, 2.05) is 6.20 Å². The molecule has 4 rings (SSSR count). The Labute approximate surface area is 151 Å². The van der Waals surface area contributed by atoms with E-state index in [2.05, 4.69) is 25.1 Å². The van der Waals surface area contributed by atoms with E-state index in [1.165, 1.54) is 17.7 Å². The molecule has 2 aromatic rings. The SMILES string of the molecule is COc1cc(OC)nc(N2CCCC3(CCc4cn[nH]c43)C2)n1.O=CO. The predicted molar refractivity (Wildman–Crippen MR) is 93.9 cm³/mol. The topological polar surface area (TPSA) is 113 Å². The highest BCUT2D eigenvalue weighted by Crippen LogP contribution is 2.44. The van der Waals surface area contributed by atoms with Crippen molar-refractivity contribution in [1.82, 2.24) is 20.2 Å². The minimum absolute atomic E-state index is 0.143. The lowest BCUT2D eigenvalue weighted by Gasteiger charge is -2.40. The maximum atomic E-state index is 8.36. The zero-order valence-electron chi connectivity index (χ0n) is 14.9. The van der Waals surface area contributed by atoms with Gasteiger partial charge in [0.05, 0.1) is 26.5 Å². The van der Waals surface area contributed by atoms with Crippen molar-refractivity contribution < 1.29 is 19.4 Å². The number of carboxylic acid groups (broad SMARTS) is 1. The van der Waals surface area contributed by atoms with Crippen molar-refractivity contribution in [1.29, 1.82) is 0 Å². The van der Waals surface area contributed by atoms with Crippen LogP contribution in [0, 0.1) is 0 Å². The van der Waals surface area contributed by atoms with Gasteiger partial charge >= 0.3 is 0 Å². The van der Waals surface area contributed by atoms with Gasteiger partial charge in [-0.3, -0.25) is 9.89 Å². The van der Waals surface area contributed by atoms with Crippen LogP contribution < -0.4 is 14.4 Å². The number of H-pyrrole nitrogens is 1. The van der Waals surface area contributed by atoms with Gasteiger partial charge in [-0.2, -0.15) is 15.1 Å². The average molecular weight is 361 g/mol. The Balaban J connectivity index is 0.000000613. The largest absolute Gasteiger partial charge is 0.483 e. The van der Waals surface area contributed by atoms with E-state index in [-0.39, 0.29) is 11.9 Å². The first-order valence-electron chi connectivity index (χ1n) is 8.48. The van der Waals surface area contributed by atoms with Crippen LogP contribution in [-0.2, 0) is 16.6 Å². The summed E-state index contributed by atoms with van der Waals surface area (Å²) < 4.78 is 10.6. The molecule has 9 heteroatoms. The standard InChI is InChI=1S/C16H21N5O2.CH2O2/c1-22-12-8-13(23-2)19-15(18-12)21-7-3-5-16(10-21)6-4-11-9-17-20-14(11)16;2-1-3/h8-9H,3-7,10H2,1-2H3,(H,17,20);1H,(H,2,3). The fourth-order valence-electron chi connectivity index (χ4n) is 3.91. The number of fused-ring (bicyclic) bond motifs is 2. The van der Waals surface area contributed by atoms with Crippen LogP contribution in [0.25, 0.3) is 0 Å². The monoisotopic (exact) mass is 361 g/mol. The number of anilines is 1. The number of carbonyl (C=O) groups is 1. The van der Waals surface area contributed by atoms with E-state index in [9.17, 15) is 0 Å². The molecule has 0 aromatic carbocycles. The van der Waals surface area contributed by atoms with Crippen molar-refractivity contribution >= 4 is 12.4 Å². The van der Waals surface area contributed by atoms with Crippen LogP contribution in [0.2, 0.25) is 0 Å². The van der Waals surface area contributed by atoms with Crippen LogP contribution in [-0.4, -0.2) is 59.1 Å². The first-order valence-corrected chi connectivity index (χ1v) is 8.48. The molecule has 1 aliphatic carbocycles. The molecule has 1 fully saturated rings. The van der Waals surface area contributed by atoms with Gasteiger partial charge in [-0.1, -0.05) is 0 Å². The van der Waals surface area contributed by atoms with Gasteiger partial charge < -0.3 is 19.5 Å². The third-order valence-electron chi connectivity index (χ3n) is 5.07. The number of rotatable bonds is 3. The summed E-state index contributed by atoms with van der Waals surface area (Å²) in [5, 5.41) is 14.3. The second kappa shape index (κ2) is 7.59. The molecule has 140 valence electrons. The molecule has 1 aliphatic heterocycles. The number of aromatic amines is 1. The first kappa shape index (κ1) is 18.0. The van der Waals surface area contributed by atoms with Crippen molar-refractivity contribution in [3.05, 3.63) is 23.5 Å². The summed E-state index contributed by atoms with van der Waals surface area (Å²) in [7, 11) is 3.22. The zero-order chi connectivity index (χ0) is 18.6. The number of hydrogen-bond acceptors (Lipinski definition) is 7. The second-order valence-electron chi connectivity index (χ2n) is 6.43. The summed E-state index contributed by atoms with van der Waals surface area (Å²) in [6, 6.07) is 1.70. The Bertz CT molecular complexity index is 743. The van der Waals surface area contributed by atoms with Gasteiger partial charge in [-0.25, -0.2) is 0 Å². The Morgan fingerprint density at radius 1 is 1.27 bits per heavy atom. The maximum absolute atomic E-state index is 8.36. The fourth-order valence-corrected chi connectivity index (χ4v) is 3.91. The number of hydrogen-bond donors (Lipinski definition) is 2. The van der Waals surface area contributed by atoms with Crippen LogP contribution in [0.3, 0.4) is 0 Å². The molecule has 26 heavy (non-hydrogen) atoms.